The Labute approximate surface area is 150 Å². The maximum Gasteiger partial charge on any atom is 0.337 e. The number of aromatic carboxylic acids is 1. The molecule has 1 aromatic heterocycles. The summed E-state index contributed by atoms with van der Waals surface area (Å²) in [4.78, 5) is 34.7. The van der Waals surface area contributed by atoms with E-state index in [4.69, 9.17) is 4.42 Å². The Balaban J connectivity index is 2.34. The molecule has 0 saturated heterocycles. The van der Waals surface area contributed by atoms with Gasteiger partial charge in [-0.25, -0.2) is 4.79 Å². The summed E-state index contributed by atoms with van der Waals surface area (Å²) >= 11 is 0. The van der Waals surface area contributed by atoms with Crippen molar-refractivity contribution in [2.24, 2.45) is 10.2 Å². The molecule has 3 aromatic rings. The summed E-state index contributed by atoms with van der Waals surface area (Å²) in [5.74, 6) is -2.55. The van der Waals surface area contributed by atoms with Crippen LogP contribution in [0.25, 0.3) is 11.0 Å². The molecule has 3 rings (SSSR count). The highest BCUT2D eigenvalue weighted by atomic mass is 16.4. The number of aromatic hydroxyl groups is 2. The Morgan fingerprint density at radius 3 is 2.52 bits per heavy atom. The lowest BCUT2D eigenvalue weighted by Crippen LogP contribution is -2.02. The smallest absolute Gasteiger partial charge is 0.337 e. The van der Waals surface area contributed by atoms with E-state index in [2.05, 4.69) is 10.2 Å². The first-order valence-corrected chi connectivity index (χ1v) is 7.56. The fourth-order valence-electron chi connectivity index (χ4n) is 2.53. The van der Waals surface area contributed by atoms with Crippen LogP contribution < -0.4 is 5.43 Å². The minimum atomic E-state index is -1.24. The third-order valence-corrected chi connectivity index (χ3v) is 3.77. The molecule has 2 aromatic carbocycles. The van der Waals surface area contributed by atoms with E-state index in [1.165, 1.54) is 31.2 Å². The van der Waals surface area contributed by atoms with E-state index in [1.54, 1.807) is 0 Å². The molecule has 0 fully saturated rings. The number of benzene rings is 2. The Kier molecular flexibility index (Phi) is 4.43. The van der Waals surface area contributed by atoms with Crippen LogP contribution in [-0.2, 0) is 0 Å². The van der Waals surface area contributed by atoms with Crippen molar-refractivity contribution in [3.05, 3.63) is 57.4 Å². The fourth-order valence-corrected chi connectivity index (χ4v) is 2.53. The summed E-state index contributed by atoms with van der Waals surface area (Å²) in [6, 6.07) is 6.84. The molecule has 0 bridgehead atoms. The standard InChI is InChI=1S/C18H12N2O7/c1-8-6-12(22)13-15(23)10(7-21)16(24)14(17(13)27-8)20-19-11-5-3-2-4-9(11)18(25)26/h2-7,23-24H,1H3,(H,25,26). The van der Waals surface area contributed by atoms with E-state index in [9.17, 15) is 29.7 Å². The first-order chi connectivity index (χ1) is 12.8. The van der Waals surface area contributed by atoms with Gasteiger partial charge in [-0.3, -0.25) is 9.59 Å². The number of aldehydes is 1. The van der Waals surface area contributed by atoms with Crippen molar-refractivity contribution in [2.45, 2.75) is 6.92 Å². The lowest BCUT2D eigenvalue weighted by atomic mass is 10.1. The highest BCUT2D eigenvalue weighted by Gasteiger charge is 2.23. The summed E-state index contributed by atoms with van der Waals surface area (Å²) < 4.78 is 5.39. The summed E-state index contributed by atoms with van der Waals surface area (Å²) in [5, 5.41) is 36.8. The third kappa shape index (κ3) is 3.01. The number of carbonyl (C=O) groups excluding carboxylic acids is 1. The van der Waals surface area contributed by atoms with E-state index in [-0.39, 0.29) is 40.0 Å². The predicted octanol–water partition coefficient (Wildman–Crippen LogP) is 3.44. The second-order valence-corrected chi connectivity index (χ2v) is 5.53. The van der Waals surface area contributed by atoms with Gasteiger partial charge < -0.3 is 19.7 Å². The van der Waals surface area contributed by atoms with E-state index in [0.717, 1.165) is 6.07 Å². The molecule has 27 heavy (non-hydrogen) atoms. The van der Waals surface area contributed by atoms with E-state index in [1.807, 2.05) is 0 Å². The van der Waals surface area contributed by atoms with Crippen molar-refractivity contribution in [3.8, 4) is 11.5 Å². The molecular formula is C18H12N2O7. The van der Waals surface area contributed by atoms with Gasteiger partial charge in [0.2, 0.25) is 0 Å². The summed E-state index contributed by atoms with van der Waals surface area (Å²) in [6.07, 6.45) is 0.160. The van der Waals surface area contributed by atoms with Crippen molar-refractivity contribution < 1.29 is 29.3 Å². The van der Waals surface area contributed by atoms with Gasteiger partial charge in [0.25, 0.3) is 0 Å². The first kappa shape index (κ1) is 17.8. The number of phenolic OH excluding ortho intramolecular Hbond substituents is 2. The number of rotatable bonds is 4. The van der Waals surface area contributed by atoms with Crippen LogP contribution in [0.1, 0.15) is 26.5 Å². The molecule has 0 aliphatic rings. The molecule has 1 heterocycles. The number of azo groups is 1. The third-order valence-electron chi connectivity index (χ3n) is 3.77. The molecular weight excluding hydrogens is 356 g/mol. The highest BCUT2D eigenvalue weighted by molar-refractivity contribution is 6.03. The van der Waals surface area contributed by atoms with Crippen LogP contribution in [0.3, 0.4) is 0 Å². The molecule has 0 amide bonds. The van der Waals surface area contributed by atoms with Gasteiger partial charge in [-0.15, -0.1) is 10.2 Å². The zero-order valence-corrected chi connectivity index (χ0v) is 13.8. The van der Waals surface area contributed by atoms with Crippen LogP contribution >= 0.6 is 0 Å². The Morgan fingerprint density at radius 1 is 1.15 bits per heavy atom. The number of fused-ring (bicyclic) bond motifs is 1. The van der Waals surface area contributed by atoms with Crippen LogP contribution in [0, 0.1) is 6.92 Å². The van der Waals surface area contributed by atoms with Crippen molar-refractivity contribution in [1.82, 2.24) is 0 Å². The van der Waals surface area contributed by atoms with Gasteiger partial charge in [0.05, 0.1) is 5.56 Å². The predicted molar refractivity (Wildman–Crippen MR) is 93.5 cm³/mol. The van der Waals surface area contributed by atoms with Crippen molar-refractivity contribution in [1.29, 1.82) is 0 Å². The minimum absolute atomic E-state index is 0.0201. The Bertz CT molecular complexity index is 1180. The number of hydrogen-bond acceptors (Lipinski definition) is 8. The lowest BCUT2D eigenvalue weighted by molar-refractivity contribution is 0.0697. The fraction of sp³-hybridized carbons (Fsp3) is 0.0556. The lowest BCUT2D eigenvalue weighted by Gasteiger charge is -2.09. The molecule has 136 valence electrons. The molecule has 0 atom stereocenters. The van der Waals surface area contributed by atoms with Gasteiger partial charge in [0, 0.05) is 6.07 Å². The van der Waals surface area contributed by atoms with E-state index < -0.39 is 28.5 Å². The Hall–Kier alpha value is -4.01. The quantitative estimate of drug-likeness (QED) is 0.471. The molecule has 0 spiro atoms. The van der Waals surface area contributed by atoms with Crippen LogP contribution in [0.15, 0.2) is 49.8 Å². The average Bonchev–Trinajstić information content (AvgIpc) is 2.61. The van der Waals surface area contributed by atoms with Gasteiger partial charge in [0.15, 0.2) is 28.7 Å². The van der Waals surface area contributed by atoms with Gasteiger partial charge >= 0.3 is 5.97 Å². The van der Waals surface area contributed by atoms with Gasteiger partial charge in [0.1, 0.15) is 28.1 Å². The molecule has 9 heteroatoms. The molecule has 0 aliphatic heterocycles. The summed E-state index contributed by atoms with van der Waals surface area (Å²) in [6.45, 7) is 1.48. The van der Waals surface area contributed by atoms with Crippen LogP contribution in [0.5, 0.6) is 11.5 Å². The monoisotopic (exact) mass is 368 g/mol. The van der Waals surface area contributed by atoms with Gasteiger partial charge in [-0.05, 0) is 19.1 Å². The molecule has 0 unspecified atom stereocenters. The maximum atomic E-state index is 12.2. The minimum Gasteiger partial charge on any atom is -0.506 e. The molecule has 0 saturated carbocycles. The Morgan fingerprint density at radius 2 is 1.85 bits per heavy atom. The molecule has 3 N–H and O–H groups in total. The number of carbonyl (C=O) groups is 2. The van der Waals surface area contributed by atoms with Crippen LogP contribution in [0.4, 0.5) is 11.4 Å². The topological polar surface area (TPSA) is 150 Å². The van der Waals surface area contributed by atoms with Crippen molar-refractivity contribution >= 4 is 34.6 Å². The van der Waals surface area contributed by atoms with Crippen molar-refractivity contribution in [2.75, 3.05) is 0 Å². The van der Waals surface area contributed by atoms with E-state index in [0.29, 0.717) is 0 Å². The number of aryl methyl sites for hydroxylation is 1. The SMILES string of the molecule is Cc1cc(=O)c2c(O)c(C=O)c(O)c(N=Nc3ccccc3C(=O)O)c2o1. The van der Waals surface area contributed by atoms with Crippen LogP contribution in [-0.4, -0.2) is 27.6 Å². The second kappa shape index (κ2) is 6.71. The maximum absolute atomic E-state index is 12.2. The first-order valence-electron chi connectivity index (χ1n) is 7.56. The zero-order valence-electron chi connectivity index (χ0n) is 13.8. The number of carboxylic acids is 1. The normalized spacial score (nSPS) is 11.1. The second-order valence-electron chi connectivity index (χ2n) is 5.53. The molecule has 0 radical (unpaired) electrons. The molecule has 9 nitrogen and oxygen atoms in total. The van der Waals surface area contributed by atoms with Gasteiger partial charge in [-0.1, -0.05) is 12.1 Å². The van der Waals surface area contributed by atoms with Crippen LogP contribution in [0.2, 0.25) is 0 Å². The zero-order chi connectivity index (χ0) is 19.7. The summed E-state index contributed by atoms with van der Waals surface area (Å²) in [5.41, 5.74) is -2.02. The number of hydrogen-bond donors (Lipinski definition) is 3. The van der Waals surface area contributed by atoms with Crippen molar-refractivity contribution in [3.63, 3.8) is 0 Å². The summed E-state index contributed by atoms with van der Waals surface area (Å²) in [7, 11) is 0. The largest absolute Gasteiger partial charge is 0.506 e. The number of carboxylic acid groups (broad SMARTS) is 1. The van der Waals surface area contributed by atoms with E-state index >= 15 is 0 Å². The average molecular weight is 368 g/mol. The highest BCUT2D eigenvalue weighted by Crippen LogP contribution is 2.43. The molecule has 0 aliphatic carbocycles. The number of phenols is 2. The van der Waals surface area contributed by atoms with Gasteiger partial charge in [-0.2, -0.15) is 0 Å². The number of nitrogens with zero attached hydrogens (tertiary/aromatic N) is 2.